The third-order valence-electron chi connectivity index (χ3n) is 7.04. The standard InChI is InChI=1S/C32H60O4/c1-3-5-6-7-8-9-10-11-12-13-14-15-16-17-18-19-20-21-22-23-24-25-26-27-30(32(34)35)29-31(33)36-28-4-2/h23-24,30H,3-22,25-29H2,1-2H3,(H,34,35)/b24-23+. The number of carboxylic acids is 1. The molecule has 36 heavy (non-hydrogen) atoms. The molecule has 1 unspecified atom stereocenters. The molecule has 4 nitrogen and oxygen atoms in total. The summed E-state index contributed by atoms with van der Waals surface area (Å²) in [7, 11) is 0. The van der Waals surface area contributed by atoms with E-state index in [0.29, 0.717) is 13.0 Å². The number of ether oxygens (including phenoxy) is 1. The van der Waals surface area contributed by atoms with Gasteiger partial charge < -0.3 is 9.84 Å². The van der Waals surface area contributed by atoms with Gasteiger partial charge >= 0.3 is 11.9 Å². The molecule has 0 heterocycles. The molecule has 0 rings (SSSR count). The van der Waals surface area contributed by atoms with E-state index in [1.807, 2.05) is 6.92 Å². The number of allylic oxidation sites excluding steroid dienone is 2. The van der Waals surface area contributed by atoms with Gasteiger partial charge in [0.15, 0.2) is 0 Å². The van der Waals surface area contributed by atoms with Gasteiger partial charge in [0.2, 0.25) is 0 Å². The maximum absolute atomic E-state index is 11.6. The highest BCUT2D eigenvalue weighted by molar-refractivity contribution is 5.78. The predicted molar refractivity (Wildman–Crippen MR) is 153 cm³/mol. The summed E-state index contributed by atoms with van der Waals surface area (Å²) in [4.78, 5) is 23.0. The topological polar surface area (TPSA) is 63.6 Å². The minimum atomic E-state index is -0.897. The van der Waals surface area contributed by atoms with Crippen molar-refractivity contribution < 1.29 is 19.4 Å². The largest absolute Gasteiger partial charge is 0.481 e. The first-order valence-corrected chi connectivity index (χ1v) is 15.6. The van der Waals surface area contributed by atoms with E-state index in [0.717, 1.165) is 25.7 Å². The lowest BCUT2D eigenvalue weighted by Gasteiger charge is -2.11. The lowest BCUT2D eigenvalue weighted by molar-refractivity contribution is -0.151. The average Bonchev–Trinajstić information content (AvgIpc) is 2.87. The second-order valence-electron chi connectivity index (χ2n) is 10.7. The van der Waals surface area contributed by atoms with Crippen molar-refractivity contribution in [1.29, 1.82) is 0 Å². The van der Waals surface area contributed by atoms with Crippen LogP contribution in [0.2, 0.25) is 0 Å². The molecule has 1 N–H and O–H groups in total. The second kappa shape index (κ2) is 28.3. The summed E-state index contributed by atoms with van der Waals surface area (Å²) < 4.78 is 5.01. The Morgan fingerprint density at radius 2 is 1.03 bits per heavy atom. The number of esters is 1. The van der Waals surface area contributed by atoms with Crippen LogP contribution < -0.4 is 0 Å². The highest BCUT2D eigenvalue weighted by Crippen LogP contribution is 2.16. The van der Waals surface area contributed by atoms with Crippen molar-refractivity contribution in [3.05, 3.63) is 12.2 Å². The molecule has 1 atom stereocenters. The number of unbranched alkanes of at least 4 members (excludes halogenated alkanes) is 19. The average molecular weight is 509 g/mol. The number of hydrogen-bond acceptors (Lipinski definition) is 3. The first-order chi connectivity index (χ1) is 17.6. The Bertz CT molecular complexity index is 514. The van der Waals surface area contributed by atoms with Gasteiger partial charge in [0.25, 0.3) is 0 Å². The zero-order valence-electron chi connectivity index (χ0n) is 24.1. The highest BCUT2D eigenvalue weighted by Gasteiger charge is 2.21. The Hall–Kier alpha value is -1.32. The summed E-state index contributed by atoms with van der Waals surface area (Å²) in [5.74, 6) is -1.92. The van der Waals surface area contributed by atoms with Gasteiger partial charge in [0.1, 0.15) is 0 Å². The van der Waals surface area contributed by atoms with Crippen molar-refractivity contribution in [2.24, 2.45) is 5.92 Å². The summed E-state index contributed by atoms with van der Waals surface area (Å²) in [6.45, 7) is 4.58. The first-order valence-electron chi connectivity index (χ1n) is 15.6. The van der Waals surface area contributed by atoms with Gasteiger partial charge in [0, 0.05) is 0 Å². The van der Waals surface area contributed by atoms with Crippen molar-refractivity contribution in [1.82, 2.24) is 0 Å². The van der Waals surface area contributed by atoms with Crippen LogP contribution >= 0.6 is 0 Å². The van der Waals surface area contributed by atoms with Crippen molar-refractivity contribution in [3.8, 4) is 0 Å². The molecule has 0 saturated heterocycles. The number of rotatable bonds is 28. The van der Waals surface area contributed by atoms with Crippen molar-refractivity contribution >= 4 is 11.9 Å². The van der Waals surface area contributed by atoms with Gasteiger partial charge in [-0.2, -0.15) is 0 Å². The Labute approximate surface area is 224 Å². The van der Waals surface area contributed by atoms with Crippen LogP contribution in [-0.2, 0) is 14.3 Å². The molecule has 0 amide bonds. The van der Waals surface area contributed by atoms with Gasteiger partial charge in [-0.15, -0.1) is 0 Å². The third-order valence-corrected chi connectivity index (χ3v) is 7.04. The second-order valence-corrected chi connectivity index (χ2v) is 10.7. The fourth-order valence-corrected chi connectivity index (χ4v) is 4.67. The number of carbonyl (C=O) groups excluding carboxylic acids is 1. The molecule has 0 spiro atoms. The molecule has 0 aromatic carbocycles. The molecule has 0 fully saturated rings. The van der Waals surface area contributed by atoms with E-state index < -0.39 is 17.9 Å². The monoisotopic (exact) mass is 508 g/mol. The molecule has 212 valence electrons. The van der Waals surface area contributed by atoms with Crippen LogP contribution in [0.5, 0.6) is 0 Å². The summed E-state index contributed by atoms with van der Waals surface area (Å²) in [5.41, 5.74) is 0. The van der Waals surface area contributed by atoms with E-state index in [4.69, 9.17) is 4.74 Å². The minimum Gasteiger partial charge on any atom is -0.481 e. The molecule has 0 aliphatic rings. The smallest absolute Gasteiger partial charge is 0.307 e. The van der Waals surface area contributed by atoms with E-state index in [2.05, 4.69) is 19.1 Å². The molecule has 0 bridgehead atoms. The maximum Gasteiger partial charge on any atom is 0.307 e. The molecule has 4 heteroatoms. The van der Waals surface area contributed by atoms with Crippen LogP contribution in [0.15, 0.2) is 12.2 Å². The summed E-state index contributed by atoms with van der Waals surface area (Å²) in [6, 6.07) is 0. The normalized spacial score (nSPS) is 12.3. The Morgan fingerprint density at radius 1 is 0.611 bits per heavy atom. The maximum atomic E-state index is 11.6. The molecule has 0 radical (unpaired) electrons. The van der Waals surface area contributed by atoms with E-state index in [9.17, 15) is 14.7 Å². The summed E-state index contributed by atoms with van der Waals surface area (Å²) >= 11 is 0. The molecule has 0 aromatic rings. The predicted octanol–water partition coefficient (Wildman–Crippen LogP) is 10.2. The number of aliphatic carboxylic acids is 1. The lowest BCUT2D eigenvalue weighted by Crippen LogP contribution is -2.19. The summed E-state index contributed by atoms with van der Waals surface area (Å²) in [5, 5.41) is 9.30. The van der Waals surface area contributed by atoms with Gasteiger partial charge in [-0.3, -0.25) is 9.59 Å². The van der Waals surface area contributed by atoms with E-state index in [1.165, 1.54) is 116 Å². The first kappa shape index (κ1) is 34.7. The van der Waals surface area contributed by atoms with Crippen LogP contribution in [-0.4, -0.2) is 23.7 Å². The minimum absolute atomic E-state index is 0.0155. The molecule has 0 aliphatic carbocycles. The Balaban J connectivity index is 3.38. The molecule has 0 aromatic heterocycles. The molecular weight excluding hydrogens is 448 g/mol. The highest BCUT2D eigenvalue weighted by atomic mass is 16.5. The van der Waals surface area contributed by atoms with Gasteiger partial charge in [-0.05, 0) is 38.5 Å². The fraction of sp³-hybridized carbons (Fsp3) is 0.875. The summed E-state index contributed by atoms with van der Waals surface area (Å²) in [6.07, 6.45) is 33.7. The van der Waals surface area contributed by atoms with Crippen LogP contribution in [0.3, 0.4) is 0 Å². The number of carboxylic acid groups (broad SMARTS) is 1. The zero-order chi connectivity index (χ0) is 26.5. The van der Waals surface area contributed by atoms with Crippen LogP contribution in [0.4, 0.5) is 0 Å². The van der Waals surface area contributed by atoms with Crippen molar-refractivity contribution in [2.75, 3.05) is 6.61 Å². The SMILES string of the molecule is CCCCCCCCCCCCCCCCCCCC/C=C/CCCC(CC(=O)OCCC)C(=O)O. The van der Waals surface area contributed by atoms with Crippen molar-refractivity contribution in [3.63, 3.8) is 0 Å². The van der Waals surface area contributed by atoms with Crippen LogP contribution in [0, 0.1) is 5.92 Å². The van der Waals surface area contributed by atoms with E-state index in [1.54, 1.807) is 0 Å². The molecule has 0 saturated carbocycles. The third kappa shape index (κ3) is 25.8. The number of carbonyl (C=O) groups is 2. The van der Waals surface area contributed by atoms with Gasteiger partial charge in [0.05, 0.1) is 18.9 Å². The lowest BCUT2D eigenvalue weighted by atomic mass is 9.98. The molecular formula is C32H60O4. The zero-order valence-corrected chi connectivity index (χ0v) is 24.1. The fourth-order valence-electron chi connectivity index (χ4n) is 4.67. The Kier molecular flexibility index (Phi) is 27.2. The van der Waals surface area contributed by atoms with E-state index in [-0.39, 0.29) is 6.42 Å². The molecule has 0 aliphatic heterocycles. The van der Waals surface area contributed by atoms with Crippen LogP contribution in [0.1, 0.15) is 168 Å². The van der Waals surface area contributed by atoms with Crippen molar-refractivity contribution in [2.45, 2.75) is 168 Å². The number of hydrogen-bond donors (Lipinski definition) is 1. The van der Waals surface area contributed by atoms with Gasteiger partial charge in [-0.25, -0.2) is 0 Å². The van der Waals surface area contributed by atoms with E-state index >= 15 is 0 Å². The quantitative estimate of drug-likeness (QED) is 0.0648. The Morgan fingerprint density at radius 3 is 1.44 bits per heavy atom. The van der Waals surface area contributed by atoms with Crippen LogP contribution in [0.25, 0.3) is 0 Å². The van der Waals surface area contributed by atoms with Gasteiger partial charge in [-0.1, -0.05) is 135 Å².